The number of ether oxygens (including phenoxy) is 3. The van der Waals surface area contributed by atoms with Gasteiger partial charge in [-0.3, -0.25) is 14.2 Å². The third-order valence-corrected chi connectivity index (χ3v) is 5.10. The van der Waals surface area contributed by atoms with Gasteiger partial charge in [0.15, 0.2) is 11.5 Å². The Hall–Kier alpha value is -3.06. The number of hydrogen-bond donors (Lipinski definition) is 0. The monoisotopic (exact) mass is 430 g/mol. The Morgan fingerprint density at radius 3 is 2.57 bits per heavy atom. The zero-order valence-corrected chi connectivity index (χ0v) is 17.8. The number of hydrogen-bond acceptors (Lipinski definition) is 6. The van der Waals surface area contributed by atoms with Crippen molar-refractivity contribution in [3.8, 4) is 11.5 Å². The van der Waals surface area contributed by atoms with E-state index in [0.29, 0.717) is 40.4 Å². The predicted octanol–water partition coefficient (Wildman–Crippen LogP) is 4.15. The number of methoxy groups -OCH3 is 2. The molecular formula is C22H23ClN2O5. The minimum Gasteiger partial charge on any atom is -0.493 e. The van der Waals surface area contributed by atoms with Crippen molar-refractivity contribution in [1.82, 2.24) is 9.55 Å². The van der Waals surface area contributed by atoms with E-state index in [4.69, 9.17) is 25.8 Å². The van der Waals surface area contributed by atoms with E-state index < -0.39 is 6.10 Å². The Morgan fingerprint density at radius 2 is 1.87 bits per heavy atom. The van der Waals surface area contributed by atoms with Crippen molar-refractivity contribution >= 4 is 28.5 Å². The first-order valence-corrected chi connectivity index (χ1v) is 9.87. The van der Waals surface area contributed by atoms with Crippen molar-refractivity contribution in [2.75, 3.05) is 14.2 Å². The highest BCUT2D eigenvalue weighted by Crippen LogP contribution is 2.30. The van der Waals surface area contributed by atoms with Gasteiger partial charge in [0, 0.05) is 29.6 Å². The van der Waals surface area contributed by atoms with Gasteiger partial charge in [-0.25, -0.2) is 4.98 Å². The van der Waals surface area contributed by atoms with Crippen LogP contribution >= 0.6 is 11.6 Å². The number of fused-ring (bicyclic) bond motifs is 1. The van der Waals surface area contributed by atoms with E-state index in [1.165, 1.54) is 25.1 Å². The minimum absolute atomic E-state index is 0.172. The molecule has 3 aromatic rings. The normalized spacial score (nSPS) is 11.9. The minimum atomic E-state index is -0.446. The van der Waals surface area contributed by atoms with Crippen molar-refractivity contribution in [3.05, 3.63) is 63.7 Å². The van der Waals surface area contributed by atoms with E-state index in [1.54, 1.807) is 25.1 Å². The summed E-state index contributed by atoms with van der Waals surface area (Å²) in [5, 5.41) is 0.976. The van der Waals surface area contributed by atoms with Crippen molar-refractivity contribution < 1.29 is 19.0 Å². The number of benzene rings is 2. The second kappa shape index (κ2) is 9.63. The first-order chi connectivity index (χ1) is 14.4. The Balaban J connectivity index is 1.64. The molecule has 0 saturated carbocycles. The smallest absolute Gasteiger partial charge is 0.306 e. The lowest BCUT2D eigenvalue weighted by Gasteiger charge is -2.15. The summed E-state index contributed by atoms with van der Waals surface area (Å²) in [6.45, 7) is 2.12. The summed E-state index contributed by atoms with van der Waals surface area (Å²) in [6, 6.07) is 10.5. The van der Waals surface area contributed by atoms with Gasteiger partial charge >= 0.3 is 5.97 Å². The third kappa shape index (κ3) is 4.74. The summed E-state index contributed by atoms with van der Waals surface area (Å²) in [5.74, 6) is 0.611. The SMILES string of the molecule is COc1cc2ncn(CCCC(=O)O[C@H](C)c3ccccc3Cl)c(=O)c2cc1OC. The van der Waals surface area contributed by atoms with Crippen LogP contribution in [0.25, 0.3) is 10.9 Å². The summed E-state index contributed by atoms with van der Waals surface area (Å²) in [4.78, 5) is 29.3. The Bertz CT molecular complexity index is 1110. The molecule has 7 nitrogen and oxygen atoms in total. The molecule has 0 aliphatic rings. The van der Waals surface area contributed by atoms with Gasteiger partial charge in [-0.2, -0.15) is 0 Å². The molecule has 0 amide bonds. The molecule has 8 heteroatoms. The molecule has 0 saturated heterocycles. The molecule has 0 unspecified atom stereocenters. The molecule has 1 atom stereocenters. The number of halogens is 1. The van der Waals surface area contributed by atoms with Gasteiger partial charge in [0.25, 0.3) is 5.56 Å². The van der Waals surface area contributed by atoms with Gasteiger partial charge in [-0.05, 0) is 25.5 Å². The number of carbonyl (C=O) groups excluding carboxylic acids is 1. The number of esters is 1. The maximum Gasteiger partial charge on any atom is 0.306 e. The Kier molecular flexibility index (Phi) is 6.95. The molecule has 0 spiro atoms. The summed E-state index contributed by atoms with van der Waals surface area (Å²) >= 11 is 6.14. The first-order valence-electron chi connectivity index (χ1n) is 9.49. The van der Waals surface area contributed by atoms with E-state index >= 15 is 0 Å². The average molecular weight is 431 g/mol. The van der Waals surface area contributed by atoms with E-state index in [2.05, 4.69) is 4.98 Å². The molecule has 1 aromatic heterocycles. The second-order valence-corrected chi connectivity index (χ2v) is 7.13. The summed E-state index contributed by atoms with van der Waals surface area (Å²) in [6.07, 6.45) is 1.63. The van der Waals surface area contributed by atoms with Gasteiger partial charge in [0.1, 0.15) is 6.10 Å². The summed E-state index contributed by atoms with van der Waals surface area (Å²) in [5.41, 5.74) is 1.06. The number of carbonyl (C=O) groups is 1. The lowest BCUT2D eigenvalue weighted by Crippen LogP contribution is -2.21. The maximum absolute atomic E-state index is 12.8. The van der Waals surface area contributed by atoms with Gasteiger partial charge in [0.2, 0.25) is 0 Å². The van der Waals surface area contributed by atoms with Crippen LogP contribution in [0.15, 0.2) is 47.5 Å². The largest absolute Gasteiger partial charge is 0.493 e. The van der Waals surface area contributed by atoms with E-state index in [0.717, 1.165) is 5.56 Å². The molecule has 3 rings (SSSR count). The lowest BCUT2D eigenvalue weighted by atomic mass is 10.1. The van der Waals surface area contributed by atoms with Crippen LogP contribution in [0.5, 0.6) is 11.5 Å². The average Bonchev–Trinajstić information content (AvgIpc) is 2.74. The van der Waals surface area contributed by atoms with Crippen molar-refractivity contribution in [1.29, 1.82) is 0 Å². The zero-order valence-electron chi connectivity index (χ0n) is 17.1. The molecule has 30 heavy (non-hydrogen) atoms. The van der Waals surface area contributed by atoms with Crippen LogP contribution in [0.3, 0.4) is 0 Å². The van der Waals surface area contributed by atoms with Crippen molar-refractivity contribution in [2.24, 2.45) is 0 Å². The molecule has 0 aliphatic heterocycles. The molecule has 158 valence electrons. The topological polar surface area (TPSA) is 79.7 Å². The maximum atomic E-state index is 12.8. The number of aryl methyl sites for hydroxylation is 1. The fourth-order valence-electron chi connectivity index (χ4n) is 3.16. The molecule has 0 aliphatic carbocycles. The molecule has 0 bridgehead atoms. The van der Waals surface area contributed by atoms with Crippen LogP contribution in [-0.2, 0) is 16.1 Å². The predicted molar refractivity (Wildman–Crippen MR) is 114 cm³/mol. The van der Waals surface area contributed by atoms with Gasteiger partial charge in [-0.1, -0.05) is 29.8 Å². The summed E-state index contributed by atoms with van der Waals surface area (Å²) < 4.78 is 17.4. The number of nitrogens with zero attached hydrogens (tertiary/aromatic N) is 2. The highest BCUT2D eigenvalue weighted by atomic mass is 35.5. The van der Waals surface area contributed by atoms with Crippen molar-refractivity contribution in [2.45, 2.75) is 32.4 Å². The highest BCUT2D eigenvalue weighted by molar-refractivity contribution is 6.31. The second-order valence-electron chi connectivity index (χ2n) is 6.72. The fourth-order valence-corrected chi connectivity index (χ4v) is 3.45. The Morgan fingerprint density at radius 1 is 1.17 bits per heavy atom. The Labute approximate surface area is 179 Å². The van der Waals surface area contributed by atoms with Gasteiger partial charge < -0.3 is 14.2 Å². The van der Waals surface area contributed by atoms with Crippen LogP contribution in [0.2, 0.25) is 5.02 Å². The fraction of sp³-hybridized carbons (Fsp3) is 0.318. The third-order valence-electron chi connectivity index (χ3n) is 4.76. The lowest BCUT2D eigenvalue weighted by molar-refractivity contribution is -0.148. The van der Waals surface area contributed by atoms with Crippen LogP contribution in [0.4, 0.5) is 0 Å². The highest BCUT2D eigenvalue weighted by Gasteiger charge is 2.15. The quantitative estimate of drug-likeness (QED) is 0.499. The van der Waals surface area contributed by atoms with Gasteiger partial charge in [0.05, 0.1) is 31.4 Å². The van der Waals surface area contributed by atoms with Crippen molar-refractivity contribution in [3.63, 3.8) is 0 Å². The van der Waals surface area contributed by atoms with E-state index in [9.17, 15) is 9.59 Å². The molecule has 1 heterocycles. The number of aromatic nitrogens is 2. The van der Waals surface area contributed by atoms with Gasteiger partial charge in [-0.15, -0.1) is 0 Å². The standard InChI is InChI=1S/C22H23ClN2O5/c1-14(15-7-4-5-8-17(15)23)30-21(26)9-6-10-25-13-24-18-12-20(29-3)19(28-2)11-16(18)22(25)27/h4-5,7-8,11-14H,6,9-10H2,1-3H3/t14-/m1/s1. The molecular weight excluding hydrogens is 408 g/mol. The van der Waals surface area contributed by atoms with Crippen LogP contribution < -0.4 is 15.0 Å². The summed E-state index contributed by atoms with van der Waals surface area (Å²) in [7, 11) is 3.03. The number of rotatable bonds is 8. The van der Waals surface area contributed by atoms with Crippen LogP contribution in [0, 0.1) is 0 Å². The molecule has 2 aromatic carbocycles. The first kappa shape index (κ1) is 21.6. The molecule has 0 fully saturated rings. The molecule has 0 N–H and O–H groups in total. The van der Waals surface area contributed by atoms with Crippen LogP contribution in [0.1, 0.15) is 31.4 Å². The van der Waals surface area contributed by atoms with Crippen LogP contribution in [-0.4, -0.2) is 29.7 Å². The molecule has 0 radical (unpaired) electrons. The van der Waals surface area contributed by atoms with E-state index in [1.807, 2.05) is 18.2 Å². The van der Waals surface area contributed by atoms with E-state index in [-0.39, 0.29) is 17.9 Å². The zero-order chi connectivity index (χ0) is 21.7.